The summed E-state index contributed by atoms with van der Waals surface area (Å²) >= 11 is 8.04. The number of nitrogens with zero attached hydrogens (tertiary/aromatic N) is 2. The number of hydrogen-bond donors (Lipinski definition) is 0. The van der Waals surface area contributed by atoms with Crippen LogP contribution in [0.2, 0.25) is 11.1 Å². The molecule has 2 aromatic heterocycles. The molecule has 2 aliphatic carbocycles. The molecule has 7 heteroatoms. The van der Waals surface area contributed by atoms with Gasteiger partial charge in [0.25, 0.3) is 0 Å². The second-order valence-electron chi connectivity index (χ2n) is 17.7. The molecule has 0 unspecified atom stereocenters. The van der Waals surface area contributed by atoms with Gasteiger partial charge in [0, 0.05) is 40.7 Å². The highest BCUT2D eigenvalue weighted by Gasteiger charge is 2.52. The molecule has 0 bridgehead atoms. The Morgan fingerprint density at radius 1 is 0.349 bits per heavy atom. The Morgan fingerprint density at radius 2 is 0.683 bits per heavy atom. The van der Waals surface area contributed by atoms with E-state index in [0.29, 0.717) is 0 Å². The number of para-hydroxylation sites is 4. The summed E-state index contributed by atoms with van der Waals surface area (Å²) in [6.45, 7) is 0. The fourth-order valence-corrected chi connectivity index (χ4v) is 25.7. The van der Waals surface area contributed by atoms with Gasteiger partial charge in [-0.25, -0.2) is 0 Å². The number of rotatable bonds is 8. The predicted octanol–water partition coefficient (Wildman–Crippen LogP) is 17.2. The van der Waals surface area contributed by atoms with Crippen molar-refractivity contribution in [3.8, 4) is 20.9 Å². The van der Waals surface area contributed by atoms with Crippen LogP contribution in [0.3, 0.4) is 0 Å². The molecule has 0 N–H and O–H groups in total. The van der Waals surface area contributed by atoms with Crippen LogP contribution in [0.15, 0.2) is 189 Å². The van der Waals surface area contributed by atoms with Crippen LogP contribution in [0, 0.1) is 0 Å². The Kier molecular flexibility index (Phi) is 10.7. The van der Waals surface area contributed by atoms with Crippen molar-refractivity contribution in [2.45, 2.75) is 94.9 Å². The van der Waals surface area contributed by atoms with Crippen molar-refractivity contribution in [1.29, 1.82) is 0 Å². The Balaban J connectivity index is 0.905. The van der Waals surface area contributed by atoms with Crippen LogP contribution in [0.4, 0.5) is 34.1 Å². The summed E-state index contributed by atoms with van der Waals surface area (Å²) in [6, 6.07) is 64.5. The molecule has 8 aromatic rings. The lowest BCUT2D eigenvalue weighted by atomic mass is 9.99. The lowest BCUT2D eigenvalue weighted by Gasteiger charge is -2.46. The Hall–Kier alpha value is -4.76. The maximum Gasteiger partial charge on any atom is 0.149 e. The highest BCUT2D eigenvalue weighted by Crippen LogP contribution is 2.54. The second kappa shape index (κ2) is 17.0. The van der Waals surface area contributed by atoms with Gasteiger partial charge in [-0.05, 0) is 116 Å². The summed E-state index contributed by atoms with van der Waals surface area (Å²) < 4.78 is 3.47. The molecule has 2 nitrogen and oxygen atoms in total. The summed E-state index contributed by atoms with van der Waals surface area (Å²) in [5.41, 5.74) is 11.7. The van der Waals surface area contributed by atoms with E-state index in [9.17, 15) is 0 Å². The van der Waals surface area contributed by atoms with Crippen LogP contribution < -0.4 is 18.8 Å². The van der Waals surface area contributed by atoms with Crippen molar-refractivity contribution in [2.24, 2.45) is 0 Å². The zero-order valence-corrected chi connectivity index (χ0v) is 39.7. The van der Waals surface area contributed by atoms with E-state index in [0.717, 1.165) is 11.1 Å². The van der Waals surface area contributed by atoms with E-state index in [4.69, 9.17) is 0 Å². The summed E-state index contributed by atoms with van der Waals surface area (Å²) in [4.78, 5) is 12.9. The summed E-state index contributed by atoms with van der Waals surface area (Å²) in [7, 11) is -2.19. The second-order valence-corrected chi connectivity index (χ2v) is 27.2. The normalized spacial score (nSPS) is 16.6. The first kappa shape index (κ1) is 39.8. The largest absolute Gasteiger partial charge is 0.308 e. The summed E-state index contributed by atoms with van der Waals surface area (Å²) in [5, 5.41) is 0. The molecule has 2 saturated carbocycles. The molecule has 2 aliphatic heterocycles. The molecular formula is C56H50N2S4Si. The van der Waals surface area contributed by atoms with Crippen LogP contribution in [0.5, 0.6) is 0 Å². The number of thiophene rings is 2. The van der Waals surface area contributed by atoms with Crippen LogP contribution in [0.1, 0.15) is 64.2 Å². The monoisotopic (exact) mass is 906 g/mol. The molecule has 2 fully saturated rings. The van der Waals surface area contributed by atoms with Crippen LogP contribution in [-0.4, -0.2) is 8.07 Å². The van der Waals surface area contributed by atoms with Gasteiger partial charge in [0.15, 0.2) is 0 Å². The molecular weight excluding hydrogens is 857 g/mol. The van der Waals surface area contributed by atoms with Gasteiger partial charge in [0.05, 0.1) is 22.7 Å². The van der Waals surface area contributed by atoms with Crippen molar-refractivity contribution in [3.63, 3.8) is 0 Å². The quantitative estimate of drug-likeness (QED) is 0.140. The van der Waals surface area contributed by atoms with Gasteiger partial charge >= 0.3 is 0 Å². The molecule has 0 radical (unpaired) electrons. The fourth-order valence-electron chi connectivity index (χ4n) is 11.3. The Labute approximate surface area is 390 Å². The fraction of sp³-hybridized carbons (Fsp3) is 0.214. The molecule has 0 amide bonds. The first-order valence-electron chi connectivity index (χ1n) is 23.0. The molecule has 6 aromatic carbocycles. The molecule has 12 rings (SSSR count). The van der Waals surface area contributed by atoms with Crippen LogP contribution >= 0.6 is 46.2 Å². The van der Waals surface area contributed by atoms with E-state index in [1.165, 1.54) is 139 Å². The average molecular weight is 907 g/mol. The van der Waals surface area contributed by atoms with E-state index in [1.54, 1.807) is 9.00 Å². The molecule has 63 heavy (non-hydrogen) atoms. The molecule has 312 valence electrons. The zero-order valence-electron chi connectivity index (χ0n) is 35.4. The number of anilines is 6. The van der Waals surface area contributed by atoms with Gasteiger partial charge < -0.3 is 9.80 Å². The van der Waals surface area contributed by atoms with Crippen molar-refractivity contribution >= 4 is 97.4 Å². The Bertz CT molecular complexity index is 2610. The Morgan fingerprint density at radius 3 is 1.03 bits per heavy atom. The lowest BCUT2D eigenvalue weighted by Crippen LogP contribution is -2.63. The van der Waals surface area contributed by atoms with E-state index < -0.39 is 8.07 Å². The SMILES string of the molecule is c1ccc2c(c1)Sc1ccccc1N2c1ccc(-c2ccc([Si](c3ccc(-c4ccc(N5c6ccccc6Sc6ccccc65)cc4)s3)(C3CCCCC3)C3CCCCC3)s2)cc1. The molecule has 0 spiro atoms. The van der Waals surface area contributed by atoms with Crippen LogP contribution in [0.25, 0.3) is 20.9 Å². The summed E-state index contributed by atoms with van der Waals surface area (Å²) in [6.07, 6.45) is 13.9. The van der Waals surface area contributed by atoms with Gasteiger partial charge in [-0.15, -0.1) is 22.7 Å². The van der Waals surface area contributed by atoms with Gasteiger partial charge in [-0.2, -0.15) is 0 Å². The van der Waals surface area contributed by atoms with Gasteiger partial charge in [0.1, 0.15) is 8.07 Å². The van der Waals surface area contributed by atoms with E-state index in [1.807, 2.05) is 23.5 Å². The molecule has 0 saturated heterocycles. The third kappa shape index (κ3) is 7.06. The first-order valence-corrected chi connectivity index (χ1v) is 28.4. The molecule has 4 aliphatic rings. The van der Waals surface area contributed by atoms with E-state index in [2.05, 4.69) is 202 Å². The minimum Gasteiger partial charge on any atom is -0.308 e. The average Bonchev–Trinajstić information content (AvgIpc) is 4.06. The highest BCUT2D eigenvalue weighted by atomic mass is 32.2. The van der Waals surface area contributed by atoms with Gasteiger partial charge in [-0.1, -0.05) is 173 Å². The van der Waals surface area contributed by atoms with E-state index in [-0.39, 0.29) is 0 Å². The number of benzene rings is 6. The van der Waals surface area contributed by atoms with Crippen molar-refractivity contribution < 1.29 is 0 Å². The van der Waals surface area contributed by atoms with Crippen LogP contribution in [-0.2, 0) is 0 Å². The third-order valence-electron chi connectivity index (χ3n) is 14.2. The maximum atomic E-state index is 2.62. The van der Waals surface area contributed by atoms with E-state index >= 15 is 0 Å². The first-order chi connectivity index (χ1) is 31.2. The standard InChI is InChI=1S/C56H50N2S4Si/c1-3-15-43(16-4-1)63(44-17-5-2-6-18-44,55-37-35-49(61-55)39-27-31-41(32-28-39)57-45-19-7-11-23-51(45)59-52-24-12-8-20-46(52)57)56-38-36-50(62-56)40-29-33-42(34-30-40)58-47-21-9-13-25-53(47)60-54-26-14-10-22-48(54)58/h7-14,19-38,43-44H,1-6,15-18H2. The van der Waals surface area contributed by atoms with Crippen molar-refractivity contribution in [2.75, 3.05) is 9.80 Å². The number of hydrogen-bond acceptors (Lipinski definition) is 6. The van der Waals surface area contributed by atoms with Crippen molar-refractivity contribution in [1.82, 2.24) is 0 Å². The zero-order chi connectivity index (χ0) is 41.7. The maximum absolute atomic E-state index is 2.62. The van der Waals surface area contributed by atoms with Crippen molar-refractivity contribution in [3.05, 3.63) is 170 Å². The van der Waals surface area contributed by atoms with Gasteiger partial charge in [0.2, 0.25) is 0 Å². The third-order valence-corrected chi connectivity index (χ3v) is 26.7. The van der Waals surface area contributed by atoms with Gasteiger partial charge in [-0.3, -0.25) is 0 Å². The minimum absolute atomic E-state index is 0.798. The predicted molar refractivity (Wildman–Crippen MR) is 276 cm³/mol. The molecule has 0 atom stereocenters. The highest BCUT2D eigenvalue weighted by molar-refractivity contribution is 8.00. The summed E-state index contributed by atoms with van der Waals surface area (Å²) in [5.74, 6) is 0. The lowest BCUT2D eigenvalue weighted by molar-refractivity contribution is 0.460. The molecule has 4 heterocycles. The number of fused-ring (bicyclic) bond motifs is 4. The minimum atomic E-state index is -2.19. The smallest absolute Gasteiger partial charge is 0.149 e. The topological polar surface area (TPSA) is 6.48 Å².